The van der Waals surface area contributed by atoms with Crippen LogP contribution in [0.3, 0.4) is 0 Å². The maximum Gasteiger partial charge on any atom is 0.416 e. The predicted octanol–water partition coefficient (Wildman–Crippen LogP) is 4.56. The van der Waals surface area contributed by atoms with E-state index in [-0.39, 0.29) is 17.3 Å². The topological polar surface area (TPSA) is 38.9 Å². The number of rotatable bonds is 2. The van der Waals surface area contributed by atoms with Gasteiger partial charge >= 0.3 is 6.18 Å². The molecule has 0 saturated heterocycles. The lowest BCUT2D eigenvalue weighted by Gasteiger charge is -2.05. The average molecular weight is 308 g/mol. The Balaban J connectivity index is 1.93. The Bertz CT molecular complexity index is 794. The molecule has 0 aliphatic rings. The minimum Gasteiger partial charge on any atom is -0.416 e. The van der Waals surface area contributed by atoms with E-state index < -0.39 is 17.6 Å². The zero-order valence-electron chi connectivity index (χ0n) is 10.9. The van der Waals surface area contributed by atoms with E-state index in [1.165, 1.54) is 30.3 Å². The molecule has 0 atom stereocenters. The maximum atomic E-state index is 13.6. The third-order valence-corrected chi connectivity index (χ3v) is 2.99. The first kappa shape index (κ1) is 14.2. The number of alkyl halides is 3. The second kappa shape index (κ2) is 5.25. The lowest BCUT2D eigenvalue weighted by Crippen LogP contribution is -2.03. The lowest BCUT2D eigenvalue weighted by atomic mass is 10.1. The minimum atomic E-state index is -4.41. The van der Waals surface area contributed by atoms with Crippen LogP contribution in [0.1, 0.15) is 5.56 Å². The van der Waals surface area contributed by atoms with Gasteiger partial charge in [0.25, 0.3) is 5.89 Å². The minimum absolute atomic E-state index is 0.0203. The molecule has 0 saturated carbocycles. The second-order valence-electron chi connectivity index (χ2n) is 4.47. The molecule has 0 fully saturated rings. The summed E-state index contributed by atoms with van der Waals surface area (Å²) in [5.41, 5.74) is -0.318. The van der Waals surface area contributed by atoms with Crippen LogP contribution in [0, 0.1) is 5.82 Å². The van der Waals surface area contributed by atoms with Gasteiger partial charge in [-0.3, -0.25) is 0 Å². The lowest BCUT2D eigenvalue weighted by molar-refractivity contribution is -0.137. The van der Waals surface area contributed by atoms with Crippen molar-refractivity contribution >= 4 is 0 Å². The first-order valence-corrected chi connectivity index (χ1v) is 6.21. The van der Waals surface area contributed by atoms with Crippen LogP contribution < -0.4 is 0 Å². The van der Waals surface area contributed by atoms with Gasteiger partial charge < -0.3 is 4.42 Å². The van der Waals surface area contributed by atoms with Gasteiger partial charge in [-0.1, -0.05) is 12.1 Å². The van der Waals surface area contributed by atoms with Gasteiger partial charge in [-0.25, -0.2) is 4.39 Å². The van der Waals surface area contributed by atoms with Crippen LogP contribution in [0.2, 0.25) is 0 Å². The fourth-order valence-corrected chi connectivity index (χ4v) is 1.89. The summed E-state index contributed by atoms with van der Waals surface area (Å²) in [5, 5.41) is 7.45. The summed E-state index contributed by atoms with van der Waals surface area (Å²) in [6.45, 7) is 0. The van der Waals surface area contributed by atoms with Crippen molar-refractivity contribution in [2.24, 2.45) is 0 Å². The van der Waals surface area contributed by atoms with E-state index in [1.54, 1.807) is 6.07 Å². The SMILES string of the molecule is Fc1ccccc1-c1nnc(-c2ccc(C(F)(F)F)cc2)o1. The molecule has 0 radical (unpaired) electrons. The molecule has 3 aromatic rings. The van der Waals surface area contributed by atoms with E-state index in [2.05, 4.69) is 10.2 Å². The molecule has 3 nitrogen and oxygen atoms in total. The van der Waals surface area contributed by atoms with Gasteiger partial charge in [-0.15, -0.1) is 10.2 Å². The van der Waals surface area contributed by atoms with Crippen molar-refractivity contribution in [2.45, 2.75) is 6.18 Å². The normalized spacial score (nSPS) is 11.6. The summed E-state index contributed by atoms with van der Waals surface area (Å²) in [7, 11) is 0. The molecule has 0 spiro atoms. The number of hydrogen-bond acceptors (Lipinski definition) is 3. The van der Waals surface area contributed by atoms with Crippen molar-refractivity contribution in [3.63, 3.8) is 0 Å². The van der Waals surface area contributed by atoms with Gasteiger partial charge in [0, 0.05) is 5.56 Å². The second-order valence-corrected chi connectivity index (χ2v) is 4.47. The van der Waals surface area contributed by atoms with Gasteiger partial charge in [0.05, 0.1) is 11.1 Å². The van der Waals surface area contributed by atoms with E-state index in [1.807, 2.05) is 0 Å². The Kier molecular flexibility index (Phi) is 3.40. The van der Waals surface area contributed by atoms with Crippen molar-refractivity contribution < 1.29 is 22.0 Å². The first-order valence-electron chi connectivity index (χ1n) is 6.21. The van der Waals surface area contributed by atoms with Gasteiger partial charge in [0.2, 0.25) is 5.89 Å². The zero-order valence-corrected chi connectivity index (χ0v) is 10.9. The number of benzene rings is 2. The van der Waals surface area contributed by atoms with Gasteiger partial charge in [-0.2, -0.15) is 13.2 Å². The van der Waals surface area contributed by atoms with Crippen molar-refractivity contribution in [3.05, 3.63) is 59.9 Å². The quantitative estimate of drug-likeness (QED) is 0.651. The molecule has 0 amide bonds. The van der Waals surface area contributed by atoms with E-state index in [4.69, 9.17) is 4.42 Å². The molecular formula is C15H8F4N2O. The van der Waals surface area contributed by atoms with Gasteiger partial charge in [-0.05, 0) is 36.4 Å². The standard InChI is InChI=1S/C15H8F4N2O/c16-12-4-2-1-3-11(12)14-21-20-13(22-14)9-5-7-10(8-6-9)15(17,18)19/h1-8H. The molecule has 0 aliphatic carbocycles. The Morgan fingerprint density at radius 1 is 0.818 bits per heavy atom. The molecule has 1 heterocycles. The average Bonchev–Trinajstić information content (AvgIpc) is 2.96. The monoisotopic (exact) mass is 308 g/mol. The van der Waals surface area contributed by atoms with Gasteiger partial charge in [0.1, 0.15) is 5.82 Å². The Hall–Kier alpha value is -2.70. The highest BCUT2D eigenvalue weighted by atomic mass is 19.4. The van der Waals surface area contributed by atoms with Crippen LogP contribution in [0.15, 0.2) is 52.9 Å². The zero-order chi connectivity index (χ0) is 15.7. The summed E-state index contributed by atoms with van der Waals surface area (Å²) in [6, 6.07) is 10.1. The molecule has 0 aliphatic heterocycles. The van der Waals surface area contributed by atoms with Crippen LogP contribution in [0.4, 0.5) is 17.6 Å². The van der Waals surface area contributed by atoms with Crippen LogP contribution in [0.5, 0.6) is 0 Å². The van der Waals surface area contributed by atoms with Crippen molar-refractivity contribution in [3.8, 4) is 22.9 Å². The third-order valence-electron chi connectivity index (χ3n) is 2.99. The van der Waals surface area contributed by atoms with E-state index in [9.17, 15) is 17.6 Å². The summed E-state index contributed by atoms with van der Waals surface area (Å²) >= 11 is 0. The molecule has 1 aromatic heterocycles. The number of aromatic nitrogens is 2. The van der Waals surface area contributed by atoms with E-state index in [0.29, 0.717) is 5.56 Å². The fraction of sp³-hybridized carbons (Fsp3) is 0.0667. The molecular weight excluding hydrogens is 300 g/mol. The molecule has 22 heavy (non-hydrogen) atoms. The molecule has 0 bridgehead atoms. The third kappa shape index (κ3) is 2.69. The first-order chi connectivity index (χ1) is 10.4. The van der Waals surface area contributed by atoms with Crippen molar-refractivity contribution in [1.29, 1.82) is 0 Å². The van der Waals surface area contributed by atoms with Crippen molar-refractivity contribution in [2.75, 3.05) is 0 Å². The summed E-state index contributed by atoms with van der Waals surface area (Å²) < 4.78 is 56.4. The molecule has 0 N–H and O–H groups in total. The van der Waals surface area contributed by atoms with Crippen LogP contribution >= 0.6 is 0 Å². The Morgan fingerprint density at radius 3 is 2.09 bits per heavy atom. The highest BCUT2D eigenvalue weighted by Gasteiger charge is 2.30. The highest BCUT2D eigenvalue weighted by Crippen LogP contribution is 2.31. The van der Waals surface area contributed by atoms with Crippen LogP contribution in [0.25, 0.3) is 22.9 Å². The van der Waals surface area contributed by atoms with Crippen LogP contribution in [-0.4, -0.2) is 10.2 Å². The molecule has 3 rings (SSSR count). The fourth-order valence-electron chi connectivity index (χ4n) is 1.89. The van der Waals surface area contributed by atoms with E-state index >= 15 is 0 Å². The Morgan fingerprint density at radius 2 is 1.45 bits per heavy atom. The predicted molar refractivity (Wildman–Crippen MR) is 70.1 cm³/mol. The summed E-state index contributed by atoms with van der Waals surface area (Å²) in [4.78, 5) is 0. The Labute approximate surface area is 122 Å². The molecule has 7 heteroatoms. The highest BCUT2D eigenvalue weighted by molar-refractivity contribution is 5.58. The number of halogens is 4. The number of hydrogen-bond donors (Lipinski definition) is 0. The largest absolute Gasteiger partial charge is 0.416 e. The van der Waals surface area contributed by atoms with Crippen molar-refractivity contribution in [1.82, 2.24) is 10.2 Å². The summed E-state index contributed by atoms with van der Waals surface area (Å²) in [5.74, 6) is -0.537. The molecule has 0 unspecified atom stereocenters. The summed E-state index contributed by atoms with van der Waals surface area (Å²) in [6.07, 6.45) is -4.41. The maximum absolute atomic E-state index is 13.6. The smallest absolute Gasteiger partial charge is 0.416 e. The molecule has 2 aromatic carbocycles. The van der Waals surface area contributed by atoms with Crippen LogP contribution in [-0.2, 0) is 6.18 Å². The van der Waals surface area contributed by atoms with E-state index in [0.717, 1.165) is 12.1 Å². The number of nitrogens with zero attached hydrogens (tertiary/aromatic N) is 2. The van der Waals surface area contributed by atoms with Gasteiger partial charge in [0.15, 0.2) is 0 Å². The molecule has 112 valence electrons.